The second-order valence-electron chi connectivity index (χ2n) is 3.75. The molecule has 0 spiro atoms. The molecule has 102 valence electrons. The molecule has 0 aliphatic heterocycles. The Labute approximate surface area is 107 Å². The van der Waals surface area contributed by atoms with Crippen LogP contribution in [0.15, 0.2) is 0 Å². The van der Waals surface area contributed by atoms with Crippen molar-refractivity contribution in [1.29, 1.82) is 0 Å². The fourth-order valence-corrected chi connectivity index (χ4v) is 1.66. The van der Waals surface area contributed by atoms with Crippen LogP contribution in [0, 0.1) is 0 Å². The predicted molar refractivity (Wildman–Crippen MR) is 70.4 cm³/mol. The summed E-state index contributed by atoms with van der Waals surface area (Å²) in [4.78, 5) is 9.97. The number of hydrogen-bond acceptors (Lipinski definition) is 7. The van der Waals surface area contributed by atoms with Crippen LogP contribution in [0.5, 0.6) is 11.8 Å². The van der Waals surface area contributed by atoms with Crippen molar-refractivity contribution in [3.63, 3.8) is 0 Å². The third-order valence-corrected chi connectivity index (χ3v) is 2.70. The summed E-state index contributed by atoms with van der Waals surface area (Å²) in [7, 11) is 1.47. The molecule has 1 unspecified atom stereocenters. The van der Waals surface area contributed by atoms with Crippen molar-refractivity contribution in [1.82, 2.24) is 14.9 Å². The molecule has 1 rings (SSSR count). The first-order chi connectivity index (χ1) is 8.53. The molecule has 1 atom stereocenters. The van der Waals surface area contributed by atoms with E-state index in [9.17, 15) is 0 Å². The average molecular weight is 255 g/mol. The Hall–Kier alpha value is -1.76. The van der Waals surface area contributed by atoms with E-state index < -0.39 is 0 Å². The van der Waals surface area contributed by atoms with Crippen molar-refractivity contribution in [3.8, 4) is 11.8 Å². The zero-order valence-electron chi connectivity index (χ0n) is 11.3. The number of anilines is 2. The van der Waals surface area contributed by atoms with Crippen molar-refractivity contribution >= 4 is 11.6 Å². The fourth-order valence-electron chi connectivity index (χ4n) is 1.66. The van der Waals surface area contributed by atoms with Gasteiger partial charge in [-0.05, 0) is 20.0 Å². The van der Waals surface area contributed by atoms with Gasteiger partial charge >= 0.3 is 0 Å². The number of nitrogens with two attached hydrogens (primary N) is 2. The highest BCUT2D eigenvalue weighted by Gasteiger charge is 2.17. The van der Waals surface area contributed by atoms with Crippen LogP contribution in [0.4, 0.5) is 11.6 Å². The van der Waals surface area contributed by atoms with Crippen LogP contribution in [-0.4, -0.2) is 41.3 Å². The van der Waals surface area contributed by atoms with E-state index in [1.54, 1.807) is 0 Å². The first-order valence-corrected chi connectivity index (χ1v) is 5.91. The lowest BCUT2D eigenvalue weighted by Crippen LogP contribution is -2.37. The molecule has 7 nitrogen and oxygen atoms in total. The lowest BCUT2D eigenvalue weighted by Gasteiger charge is -2.26. The minimum absolute atomic E-state index is 0.0720. The monoisotopic (exact) mass is 255 g/mol. The molecule has 4 N–H and O–H groups in total. The van der Waals surface area contributed by atoms with Crippen molar-refractivity contribution in [2.45, 2.75) is 27.0 Å². The molecular formula is C11H21N5O2. The van der Waals surface area contributed by atoms with Crippen LogP contribution >= 0.6 is 0 Å². The Morgan fingerprint density at radius 2 is 1.72 bits per heavy atom. The first kappa shape index (κ1) is 14.3. The van der Waals surface area contributed by atoms with E-state index in [0.717, 1.165) is 13.1 Å². The maximum absolute atomic E-state index is 5.85. The van der Waals surface area contributed by atoms with Gasteiger partial charge in [-0.2, -0.15) is 9.97 Å². The minimum Gasteiger partial charge on any atom is -0.479 e. The lowest BCUT2D eigenvalue weighted by atomic mass is 10.4. The summed E-state index contributed by atoms with van der Waals surface area (Å²) in [5, 5.41) is 0. The Kier molecular flexibility index (Phi) is 4.96. The van der Waals surface area contributed by atoms with Crippen LogP contribution in [-0.2, 0) is 0 Å². The summed E-state index contributed by atoms with van der Waals surface area (Å²) >= 11 is 0. The van der Waals surface area contributed by atoms with Gasteiger partial charge in [-0.25, -0.2) is 0 Å². The third kappa shape index (κ3) is 3.13. The van der Waals surface area contributed by atoms with Gasteiger partial charge in [-0.1, -0.05) is 13.8 Å². The molecule has 0 bridgehead atoms. The van der Waals surface area contributed by atoms with E-state index in [0.29, 0.717) is 0 Å². The second kappa shape index (κ2) is 6.25. The van der Waals surface area contributed by atoms with Crippen molar-refractivity contribution in [2.24, 2.45) is 0 Å². The van der Waals surface area contributed by atoms with Gasteiger partial charge in [0.15, 0.2) is 11.9 Å². The molecule has 0 fully saturated rings. The van der Waals surface area contributed by atoms with Gasteiger partial charge in [-0.15, -0.1) is 0 Å². The fraction of sp³-hybridized carbons (Fsp3) is 0.636. The number of methoxy groups -OCH3 is 1. The van der Waals surface area contributed by atoms with Gasteiger partial charge in [0.25, 0.3) is 0 Å². The van der Waals surface area contributed by atoms with Crippen LogP contribution in [0.2, 0.25) is 0 Å². The molecule has 1 heterocycles. The maximum Gasteiger partial charge on any atom is 0.247 e. The lowest BCUT2D eigenvalue weighted by molar-refractivity contribution is 0.0448. The zero-order chi connectivity index (χ0) is 13.7. The quantitative estimate of drug-likeness (QED) is 0.722. The smallest absolute Gasteiger partial charge is 0.247 e. The molecule has 1 aromatic heterocycles. The Bertz CT molecular complexity index is 395. The molecule has 0 radical (unpaired) electrons. The Morgan fingerprint density at radius 3 is 2.22 bits per heavy atom. The number of rotatable bonds is 6. The number of aromatic nitrogens is 2. The topological polar surface area (TPSA) is 99.5 Å². The molecule has 0 amide bonds. The normalized spacial score (nSPS) is 12.5. The van der Waals surface area contributed by atoms with Crippen molar-refractivity contribution < 1.29 is 9.47 Å². The van der Waals surface area contributed by atoms with Crippen LogP contribution in [0.3, 0.4) is 0 Å². The third-order valence-electron chi connectivity index (χ3n) is 2.70. The van der Waals surface area contributed by atoms with Gasteiger partial charge in [-0.3, -0.25) is 4.90 Å². The molecule has 0 saturated heterocycles. The van der Waals surface area contributed by atoms with Gasteiger partial charge < -0.3 is 20.9 Å². The van der Waals surface area contributed by atoms with Crippen LogP contribution in [0.25, 0.3) is 0 Å². The average Bonchev–Trinajstić information content (AvgIpc) is 2.34. The van der Waals surface area contributed by atoms with Crippen molar-refractivity contribution in [2.75, 3.05) is 31.7 Å². The second-order valence-corrected chi connectivity index (χ2v) is 3.75. The molecule has 0 aliphatic rings. The molecule has 18 heavy (non-hydrogen) atoms. The van der Waals surface area contributed by atoms with E-state index >= 15 is 0 Å². The van der Waals surface area contributed by atoms with E-state index in [2.05, 4.69) is 28.7 Å². The molecule has 1 aromatic rings. The standard InChI is InChI=1S/C11H21N5O2/c1-5-16(6-2)7(3)18-10-8(12)9(17-4)14-11(13)15-10/h7H,5-6,12H2,1-4H3,(H2,13,14,15). The highest BCUT2D eigenvalue weighted by molar-refractivity contribution is 5.58. The summed E-state index contributed by atoms with van der Waals surface area (Å²) in [5.74, 6) is 0.547. The number of hydrogen-bond donors (Lipinski definition) is 2. The van der Waals surface area contributed by atoms with Gasteiger partial charge in [0.05, 0.1) is 7.11 Å². The molecule has 0 saturated carbocycles. The zero-order valence-corrected chi connectivity index (χ0v) is 11.3. The molecule has 7 heteroatoms. The molecule has 0 aromatic carbocycles. The number of nitrogen functional groups attached to an aromatic ring is 2. The Balaban J connectivity index is 2.93. The number of ether oxygens (including phenoxy) is 2. The SMILES string of the molecule is CCN(CC)C(C)Oc1nc(N)nc(OC)c1N. The van der Waals surface area contributed by atoms with E-state index in [1.807, 2.05) is 6.92 Å². The number of nitrogens with zero attached hydrogens (tertiary/aromatic N) is 3. The summed E-state index contributed by atoms with van der Waals surface area (Å²) in [5.41, 5.74) is 11.7. The minimum atomic E-state index is -0.152. The highest BCUT2D eigenvalue weighted by Crippen LogP contribution is 2.29. The van der Waals surface area contributed by atoms with E-state index in [1.165, 1.54) is 7.11 Å². The predicted octanol–water partition coefficient (Wildman–Crippen LogP) is 0.716. The van der Waals surface area contributed by atoms with E-state index in [-0.39, 0.29) is 29.6 Å². The van der Waals surface area contributed by atoms with E-state index in [4.69, 9.17) is 20.9 Å². The molecule has 0 aliphatic carbocycles. The van der Waals surface area contributed by atoms with Gasteiger partial charge in [0.1, 0.15) is 0 Å². The summed E-state index contributed by atoms with van der Waals surface area (Å²) in [6.45, 7) is 7.78. The summed E-state index contributed by atoms with van der Waals surface area (Å²) in [6.07, 6.45) is -0.152. The summed E-state index contributed by atoms with van der Waals surface area (Å²) in [6, 6.07) is 0. The van der Waals surface area contributed by atoms with Crippen LogP contribution < -0.4 is 20.9 Å². The summed E-state index contributed by atoms with van der Waals surface area (Å²) < 4.78 is 10.7. The highest BCUT2D eigenvalue weighted by atomic mass is 16.5. The largest absolute Gasteiger partial charge is 0.479 e. The first-order valence-electron chi connectivity index (χ1n) is 5.91. The van der Waals surface area contributed by atoms with Gasteiger partial charge in [0.2, 0.25) is 17.7 Å². The Morgan fingerprint density at radius 1 is 1.17 bits per heavy atom. The van der Waals surface area contributed by atoms with Gasteiger partial charge in [0, 0.05) is 0 Å². The van der Waals surface area contributed by atoms with Crippen LogP contribution in [0.1, 0.15) is 20.8 Å². The maximum atomic E-state index is 5.85. The molecular weight excluding hydrogens is 234 g/mol. The van der Waals surface area contributed by atoms with Crippen molar-refractivity contribution in [3.05, 3.63) is 0 Å².